The van der Waals surface area contributed by atoms with Gasteiger partial charge >= 0.3 is 0 Å². The molecule has 0 aliphatic carbocycles. The third-order valence-electron chi connectivity index (χ3n) is 3.88. The van der Waals surface area contributed by atoms with Crippen LogP contribution in [0.5, 0.6) is 0 Å². The Morgan fingerprint density at radius 2 is 1.89 bits per heavy atom. The summed E-state index contributed by atoms with van der Waals surface area (Å²) in [6, 6.07) is 14.3. The van der Waals surface area contributed by atoms with Gasteiger partial charge in [0.05, 0.1) is 11.3 Å². The average Bonchev–Trinajstić information content (AvgIpc) is 2.72. The van der Waals surface area contributed by atoms with E-state index in [9.17, 15) is 15.3 Å². The molecule has 0 amide bonds. The first kappa shape index (κ1) is 19.4. The predicted octanol–water partition coefficient (Wildman–Crippen LogP) is 4.10. The van der Waals surface area contributed by atoms with Crippen molar-refractivity contribution in [2.75, 3.05) is 11.5 Å². The quantitative estimate of drug-likeness (QED) is 0.501. The van der Waals surface area contributed by atoms with E-state index in [0.29, 0.717) is 21.7 Å². The summed E-state index contributed by atoms with van der Waals surface area (Å²) in [4.78, 5) is 20.5. The van der Waals surface area contributed by atoms with Crippen LogP contribution >= 0.6 is 23.4 Å². The van der Waals surface area contributed by atoms with E-state index in [-0.39, 0.29) is 33.5 Å². The van der Waals surface area contributed by atoms with Crippen LogP contribution < -0.4 is 5.73 Å². The maximum absolute atomic E-state index is 12.4. The van der Waals surface area contributed by atoms with Gasteiger partial charge in [0, 0.05) is 34.1 Å². The molecule has 3 aromatic rings. The van der Waals surface area contributed by atoms with E-state index in [1.54, 1.807) is 42.6 Å². The molecule has 0 aliphatic heterocycles. The van der Waals surface area contributed by atoms with Gasteiger partial charge in [-0.1, -0.05) is 41.6 Å². The summed E-state index contributed by atoms with van der Waals surface area (Å²) in [5.74, 6) is -0.139. The van der Waals surface area contributed by atoms with Crippen molar-refractivity contribution in [1.82, 2.24) is 9.97 Å². The van der Waals surface area contributed by atoms with Crippen molar-refractivity contribution in [3.63, 3.8) is 0 Å². The van der Waals surface area contributed by atoms with E-state index in [0.717, 1.165) is 11.8 Å². The maximum Gasteiger partial charge on any atom is 0.174 e. The summed E-state index contributed by atoms with van der Waals surface area (Å²) >= 11 is 7.36. The number of anilines is 1. The number of nitriles is 2. The van der Waals surface area contributed by atoms with E-state index in [1.165, 1.54) is 6.20 Å². The second-order valence-corrected chi connectivity index (χ2v) is 6.96. The molecule has 3 rings (SSSR count). The molecule has 0 atom stereocenters. The molecule has 0 aliphatic rings. The summed E-state index contributed by atoms with van der Waals surface area (Å²) in [7, 11) is 0. The number of Topliss-reactive ketones (excluding diaryl/α,β-unsaturated/α-hetero) is 1. The highest BCUT2D eigenvalue weighted by Crippen LogP contribution is 2.38. The number of hydrogen-bond donors (Lipinski definition) is 1. The second-order valence-electron chi connectivity index (χ2n) is 5.58. The van der Waals surface area contributed by atoms with E-state index in [2.05, 4.69) is 16.0 Å². The molecular weight excluding hydrogens is 394 g/mol. The zero-order valence-electron chi connectivity index (χ0n) is 14.4. The number of benzene rings is 1. The minimum atomic E-state index is -0.161. The van der Waals surface area contributed by atoms with Gasteiger partial charge in [0.2, 0.25) is 0 Å². The van der Waals surface area contributed by atoms with Crippen molar-refractivity contribution < 1.29 is 4.79 Å². The van der Waals surface area contributed by atoms with E-state index in [1.807, 2.05) is 6.07 Å². The Kier molecular flexibility index (Phi) is 5.90. The predicted molar refractivity (Wildman–Crippen MR) is 108 cm³/mol. The highest BCUT2D eigenvalue weighted by Gasteiger charge is 2.22. The molecule has 2 N–H and O–H groups in total. The maximum atomic E-state index is 12.4. The molecule has 6 nitrogen and oxygen atoms in total. The van der Waals surface area contributed by atoms with Gasteiger partial charge in [-0.15, -0.1) is 0 Å². The zero-order valence-corrected chi connectivity index (χ0v) is 16.0. The topological polar surface area (TPSA) is 116 Å². The van der Waals surface area contributed by atoms with Gasteiger partial charge in [-0.2, -0.15) is 10.5 Å². The molecule has 0 radical (unpaired) electrons. The monoisotopic (exact) mass is 405 g/mol. The summed E-state index contributed by atoms with van der Waals surface area (Å²) in [6.45, 7) is 0. The number of pyridine rings is 2. The van der Waals surface area contributed by atoms with Crippen molar-refractivity contribution in [2.45, 2.75) is 5.03 Å². The fraction of sp³-hybridized carbons (Fsp3) is 0.0500. The molecule has 0 fully saturated rings. The second kappa shape index (κ2) is 8.53. The van der Waals surface area contributed by atoms with Crippen LogP contribution in [0.3, 0.4) is 0 Å². The summed E-state index contributed by atoms with van der Waals surface area (Å²) in [6.07, 6.45) is 3.06. The largest absolute Gasteiger partial charge is 0.383 e. The third kappa shape index (κ3) is 3.81. The lowest BCUT2D eigenvalue weighted by Crippen LogP contribution is -2.06. The highest BCUT2D eigenvalue weighted by atomic mass is 35.5. The Morgan fingerprint density at radius 3 is 2.54 bits per heavy atom. The average molecular weight is 406 g/mol. The van der Waals surface area contributed by atoms with Gasteiger partial charge in [-0.05, 0) is 18.2 Å². The minimum absolute atomic E-state index is 0.0206. The van der Waals surface area contributed by atoms with Crippen LogP contribution in [-0.4, -0.2) is 21.5 Å². The highest BCUT2D eigenvalue weighted by molar-refractivity contribution is 8.00. The Morgan fingerprint density at radius 1 is 1.14 bits per heavy atom. The summed E-state index contributed by atoms with van der Waals surface area (Å²) < 4.78 is 0. The zero-order chi connectivity index (χ0) is 20.1. The normalized spacial score (nSPS) is 10.1. The van der Waals surface area contributed by atoms with Gasteiger partial charge in [0.1, 0.15) is 28.5 Å². The number of halogens is 1. The van der Waals surface area contributed by atoms with Gasteiger partial charge in [-0.25, -0.2) is 4.98 Å². The van der Waals surface area contributed by atoms with Crippen LogP contribution in [0.2, 0.25) is 5.02 Å². The molecule has 0 spiro atoms. The lowest BCUT2D eigenvalue weighted by molar-refractivity contribution is 0.102. The fourth-order valence-electron chi connectivity index (χ4n) is 2.58. The summed E-state index contributed by atoms with van der Waals surface area (Å²) in [5, 5.41) is 19.9. The SMILES string of the molecule is N#Cc1c(N)nc(SCC(=O)c2cccnc2)c(C#N)c1-c1ccccc1Cl. The van der Waals surface area contributed by atoms with Crippen molar-refractivity contribution in [2.24, 2.45) is 0 Å². The molecule has 0 unspecified atom stereocenters. The Bertz CT molecular complexity index is 1140. The number of nitrogens with two attached hydrogens (primary N) is 1. The number of hydrogen-bond acceptors (Lipinski definition) is 7. The first-order chi connectivity index (χ1) is 13.6. The number of aromatic nitrogens is 2. The van der Waals surface area contributed by atoms with Crippen molar-refractivity contribution in [1.29, 1.82) is 10.5 Å². The van der Waals surface area contributed by atoms with Crippen LogP contribution in [0.25, 0.3) is 11.1 Å². The molecule has 1 aromatic carbocycles. The number of carbonyl (C=O) groups excluding carboxylic acids is 1. The van der Waals surface area contributed by atoms with E-state index >= 15 is 0 Å². The van der Waals surface area contributed by atoms with Gasteiger partial charge < -0.3 is 5.73 Å². The van der Waals surface area contributed by atoms with Gasteiger partial charge in [0.15, 0.2) is 5.78 Å². The van der Waals surface area contributed by atoms with Crippen LogP contribution in [0.1, 0.15) is 21.5 Å². The molecule has 136 valence electrons. The van der Waals surface area contributed by atoms with E-state index in [4.69, 9.17) is 17.3 Å². The Hall–Kier alpha value is -3.39. The van der Waals surface area contributed by atoms with Crippen LogP contribution in [0.15, 0.2) is 53.8 Å². The Labute approximate surface area is 170 Å². The fourth-order valence-corrected chi connectivity index (χ4v) is 3.70. The smallest absolute Gasteiger partial charge is 0.174 e. The molecule has 0 bridgehead atoms. The molecular formula is C20H12ClN5OS. The molecule has 28 heavy (non-hydrogen) atoms. The number of nitrogens with zero attached hydrogens (tertiary/aromatic N) is 4. The minimum Gasteiger partial charge on any atom is -0.383 e. The first-order valence-electron chi connectivity index (χ1n) is 8.01. The first-order valence-corrected chi connectivity index (χ1v) is 9.37. The lowest BCUT2D eigenvalue weighted by atomic mass is 9.97. The standard InChI is InChI=1S/C20H12ClN5OS/c21-16-6-2-1-5-13(16)18-14(8-22)19(24)26-20(15(18)9-23)28-11-17(27)12-4-3-7-25-10-12/h1-7,10H,11H2,(H2,24,26). The molecule has 2 heterocycles. The number of ketones is 1. The van der Waals surface area contributed by atoms with E-state index < -0.39 is 0 Å². The van der Waals surface area contributed by atoms with Crippen LogP contribution in [0.4, 0.5) is 5.82 Å². The van der Waals surface area contributed by atoms with Crippen molar-refractivity contribution in [3.8, 4) is 23.3 Å². The number of nitrogen functional groups attached to an aromatic ring is 1. The van der Waals surface area contributed by atoms with Crippen molar-refractivity contribution >= 4 is 35.0 Å². The van der Waals surface area contributed by atoms with Crippen LogP contribution in [0, 0.1) is 22.7 Å². The molecule has 0 saturated heterocycles. The van der Waals surface area contributed by atoms with Gasteiger partial charge in [-0.3, -0.25) is 9.78 Å². The van der Waals surface area contributed by atoms with Gasteiger partial charge in [0.25, 0.3) is 0 Å². The number of rotatable bonds is 5. The molecule has 2 aromatic heterocycles. The van der Waals surface area contributed by atoms with Crippen molar-refractivity contribution in [3.05, 3.63) is 70.5 Å². The lowest BCUT2D eigenvalue weighted by Gasteiger charge is -2.13. The molecule has 0 saturated carbocycles. The molecule has 8 heteroatoms. The summed E-state index contributed by atoms with van der Waals surface area (Å²) in [5.41, 5.74) is 7.48. The number of thioether (sulfide) groups is 1. The number of carbonyl (C=O) groups is 1. The Balaban J connectivity index is 2.06. The van der Waals surface area contributed by atoms with Crippen LogP contribution in [-0.2, 0) is 0 Å². The third-order valence-corrected chi connectivity index (χ3v) is 5.19.